The molecule has 6 heteroatoms. The highest BCUT2D eigenvalue weighted by Crippen LogP contribution is 2.33. The van der Waals surface area contributed by atoms with E-state index >= 15 is 0 Å². The minimum Gasteiger partial charge on any atom is -0.409 e. The first-order chi connectivity index (χ1) is 9.15. The van der Waals surface area contributed by atoms with Gasteiger partial charge in [0.2, 0.25) is 5.91 Å². The molecule has 0 spiro atoms. The molecule has 0 aromatic heterocycles. The first-order valence-electron chi connectivity index (χ1n) is 7.15. The van der Waals surface area contributed by atoms with Crippen LogP contribution < -0.4 is 5.73 Å². The molecule has 1 saturated heterocycles. The van der Waals surface area contributed by atoms with Crippen LogP contribution in [0.1, 0.15) is 32.6 Å². The molecule has 1 unspecified atom stereocenters. The molecule has 2 aliphatic rings. The predicted molar refractivity (Wildman–Crippen MR) is 73.0 cm³/mol. The van der Waals surface area contributed by atoms with E-state index in [1.54, 1.807) is 0 Å². The number of nitrogens with two attached hydrogens (primary N) is 1. The summed E-state index contributed by atoms with van der Waals surface area (Å²) in [5.41, 5.74) is 5.70. The summed E-state index contributed by atoms with van der Waals surface area (Å²) in [5, 5.41) is 11.9. The van der Waals surface area contributed by atoms with E-state index in [9.17, 15) is 4.79 Å². The van der Waals surface area contributed by atoms with E-state index in [1.165, 1.54) is 12.8 Å². The van der Waals surface area contributed by atoms with E-state index in [0.717, 1.165) is 39.0 Å². The van der Waals surface area contributed by atoms with Crippen molar-refractivity contribution in [2.75, 3.05) is 26.2 Å². The molecule has 1 aliphatic heterocycles. The molecular formula is C13H24N4O2. The zero-order valence-electron chi connectivity index (χ0n) is 11.6. The van der Waals surface area contributed by atoms with Crippen LogP contribution in [0.5, 0.6) is 0 Å². The van der Waals surface area contributed by atoms with Gasteiger partial charge in [0.05, 0.1) is 6.04 Å². The van der Waals surface area contributed by atoms with Gasteiger partial charge in [0.1, 0.15) is 0 Å². The summed E-state index contributed by atoms with van der Waals surface area (Å²) in [4.78, 5) is 16.1. The van der Waals surface area contributed by atoms with Gasteiger partial charge in [0.15, 0.2) is 5.84 Å². The number of hydrogen-bond acceptors (Lipinski definition) is 4. The van der Waals surface area contributed by atoms with Crippen LogP contribution in [-0.2, 0) is 4.79 Å². The third-order valence-electron chi connectivity index (χ3n) is 4.11. The lowest BCUT2D eigenvalue weighted by molar-refractivity contribution is -0.133. The Hall–Kier alpha value is -1.30. The monoisotopic (exact) mass is 268 g/mol. The van der Waals surface area contributed by atoms with Gasteiger partial charge in [0, 0.05) is 32.6 Å². The van der Waals surface area contributed by atoms with E-state index < -0.39 is 0 Å². The van der Waals surface area contributed by atoms with Gasteiger partial charge in [-0.3, -0.25) is 9.69 Å². The smallest absolute Gasteiger partial charge is 0.222 e. The van der Waals surface area contributed by atoms with Crippen LogP contribution in [0.4, 0.5) is 0 Å². The molecule has 0 radical (unpaired) electrons. The molecule has 108 valence electrons. The number of carbonyl (C=O) groups excluding carboxylic acids is 1. The van der Waals surface area contributed by atoms with Crippen molar-refractivity contribution in [2.45, 2.75) is 38.6 Å². The molecule has 1 saturated carbocycles. The molecule has 2 rings (SSSR count). The Morgan fingerprint density at radius 1 is 1.37 bits per heavy atom. The lowest BCUT2D eigenvalue weighted by atomic mass is 10.1. The lowest BCUT2D eigenvalue weighted by Crippen LogP contribution is -2.55. The fraction of sp³-hybridized carbons (Fsp3) is 0.846. The molecule has 1 heterocycles. The minimum absolute atomic E-state index is 0.0225. The summed E-state index contributed by atoms with van der Waals surface area (Å²) in [6.07, 6.45) is 3.96. The SMILES string of the molecule is CCC(C(N)=NO)N1CCN(C(=O)CC2CC2)CC1. The second-order valence-electron chi connectivity index (χ2n) is 5.51. The van der Waals surface area contributed by atoms with Crippen molar-refractivity contribution in [2.24, 2.45) is 16.8 Å². The molecule has 0 bridgehead atoms. The average molecular weight is 268 g/mol. The number of hydrogen-bond donors (Lipinski definition) is 2. The molecule has 2 fully saturated rings. The Bertz CT molecular complexity index is 347. The molecule has 0 aromatic carbocycles. The molecular weight excluding hydrogens is 244 g/mol. The van der Waals surface area contributed by atoms with Gasteiger partial charge in [0.25, 0.3) is 0 Å². The van der Waals surface area contributed by atoms with Crippen molar-refractivity contribution in [3.63, 3.8) is 0 Å². The summed E-state index contributed by atoms with van der Waals surface area (Å²) in [6.45, 7) is 5.12. The first kappa shape index (κ1) is 14.1. The quantitative estimate of drug-likeness (QED) is 0.328. The standard InChI is InChI=1S/C13H24N4O2/c1-2-11(13(14)15-19)16-5-7-17(8-6-16)12(18)9-10-3-4-10/h10-11,19H,2-9H2,1H3,(H2,14,15). The van der Waals surface area contributed by atoms with Gasteiger partial charge in [-0.05, 0) is 25.2 Å². The van der Waals surface area contributed by atoms with E-state index in [0.29, 0.717) is 11.8 Å². The van der Waals surface area contributed by atoms with Gasteiger partial charge in [-0.15, -0.1) is 0 Å². The second kappa shape index (κ2) is 6.23. The Labute approximate surface area is 114 Å². The van der Waals surface area contributed by atoms with Crippen LogP contribution in [0, 0.1) is 5.92 Å². The zero-order valence-corrected chi connectivity index (χ0v) is 11.6. The number of amidine groups is 1. The second-order valence-corrected chi connectivity index (χ2v) is 5.51. The van der Waals surface area contributed by atoms with Crippen LogP contribution in [0.15, 0.2) is 5.16 Å². The van der Waals surface area contributed by atoms with Crippen molar-refractivity contribution in [3.8, 4) is 0 Å². The highest BCUT2D eigenvalue weighted by atomic mass is 16.4. The van der Waals surface area contributed by atoms with E-state index in [4.69, 9.17) is 10.9 Å². The zero-order chi connectivity index (χ0) is 13.8. The number of oxime groups is 1. The summed E-state index contributed by atoms with van der Waals surface area (Å²) < 4.78 is 0. The third-order valence-corrected chi connectivity index (χ3v) is 4.11. The van der Waals surface area contributed by atoms with Crippen LogP contribution in [0.2, 0.25) is 0 Å². The third kappa shape index (κ3) is 3.59. The van der Waals surface area contributed by atoms with Gasteiger partial charge in [-0.2, -0.15) is 0 Å². The number of amides is 1. The summed E-state index contributed by atoms with van der Waals surface area (Å²) in [5.74, 6) is 1.20. The maximum atomic E-state index is 12.0. The largest absolute Gasteiger partial charge is 0.409 e. The normalized spacial score (nSPS) is 23.4. The van der Waals surface area contributed by atoms with Crippen LogP contribution in [0.25, 0.3) is 0 Å². The summed E-state index contributed by atoms with van der Waals surface area (Å²) in [7, 11) is 0. The summed E-state index contributed by atoms with van der Waals surface area (Å²) >= 11 is 0. The predicted octanol–water partition coefficient (Wildman–Crippen LogP) is 0.456. The summed E-state index contributed by atoms with van der Waals surface area (Å²) in [6, 6.07) is -0.0225. The van der Waals surface area contributed by atoms with Crippen molar-refractivity contribution in [3.05, 3.63) is 0 Å². The highest BCUT2D eigenvalue weighted by Gasteiger charge is 2.30. The fourth-order valence-corrected chi connectivity index (χ4v) is 2.70. The van der Waals surface area contributed by atoms with Crippen molar-refractivity contribution >= 4 is 11.7 Å². The Morgan fingerprint density at radius 3 is 2.47 bits per heavy atom. The topological polar surface area (TPSA) is 82.2 Å². The molecule has 19 heavy (non-hydrogen) atoms. The van der Waals surface area contributed by atoms with E-state index in [2.05, 4.69) is 10.1 Å². The lowest BCUT2D eigenvalue weighted by Gasteiger charge is -2.38. The first-order valence-corrected chi connectivity index (χ1v) is 7.15. The Balaban J connectivity index is 1.82. The van der Waals surface area contributed by atoms with Gasteiger partial charge >= 0.3 is 0 Å². The van der Waals surface area contributed by atoms with Gasteiger partial charge in [-0.1, -0.05) is 12.1 Å². The van der Waals surface area contributed by atoms with Crippen molar-refractivity contribution in [1.29, 1.82) is 0 Å². The molecule has 1 aliphatic carbocycles. The Morgan fingerprint density at radius 2 is 2.00 bits per heavy atom. The van der Waals surface area contributed by atoms with Crippen LogP contribution >= 0.6 is 0 Å². The molecule has 1 atom stereocenters. The van der Waals surface area contributed by atoms with E-state index in [-0.39, 0.29) is 11.9 Å². The van der Waals surface area contributed by atoms with Crippen LogP contribution in [-0.4, -0.2) is 59.0 Å². The van der Waals surface area contributed by atoms with Crippen molar-refractivity contribution in [1.82, 2.24) is 9.80 Å². The fourth-order valence-electron chi connectivity index (χ4n) is 2.70. The number of rotatable bonds is 5. The maximum absolute atomic E-state index is 12.0. The van der Waals surface area contributed by atoms with Crippen LogP contribution in [0.3, 0.4) is 0 Å². The van der Waals surface area contributed by atoms with E-state index in [1.807, 2.05) is 11.8 Å². The minimum atomic E-state index is -0.0225. The maximum Gasteiger partial charge on any atom is 0.222 e. The number of carbonyl (C=O) groups is 1. The molecule has 1 amide bonds. The molecule has 3 N–H and O–H groups in total. The van der Waals surface area contributed by atoms with Crippen molar-refractivity contribution < 1.29 is 10.0 Å². The van der Waals surface area contributed by atoms with Gasteiger partial charge < -0.3 is 15.8 Å². The molecule has 6 nitrogen and oxygen atoms in total. The molecule has 0 aromatic rings. The number of nitrogens with zero attached hydrogens (tertiary/aromatic N) is 3. The highest BCUT2D eigenvalue weighted by molar-refractivity contribution is 5.85. The average Bonchev–Trinajstić information content (AvgIpc) is 3.24. The Kier molecular flexibility index (Phi) is 4.63. The van der Waals surface area contributed by atoms with Gasteiger partial charge in [-0.25, -0.2) is 0 Å². The number of piperazine rings is 1.